The number of hydrogen-bond acceptors (Lipinski definition) is 3. The Morgan fingerprint density at radius 2 is 2.33 bits per heavy atom. The molecule has 0 aromatic carbocycles. The fraction of sp³-hybridized carbons (Fsp3) is 0.111. The number of rotatable bonds is 2. The van der Waals surface area contributed by atoms with E-state index in [-0.39, 0.29) is 5.56 Å². The molecule has 2 aromatic heterocycles. The molecule has 0 radical (unpaired) electrons. The van der Waals surface area contributed by atoms with Crippen molar-refractivity contribution in [2.45, 2.75) is 0 Å². The van der Waals surface area contributed by atoms with Crippen LogP contribution in [0.5, 0.6) is 5.75 Å². The standard InChI is InChI=1S/C9H7BrN2O3/c1-15-6-2-8-11-7(10)4-12(8)3-5(6)9(13)14/h2-4H,1H3,(H,13,14). The molecule has 78 valence electrons. The molecule has 1 N–H and O–H groups in total. The maximum Gasteiger partial charge on any atom is 0.341 e. The van der Waals surface area contributed by atoms with E-state index in [1.165, 1.54) is 13.3 Å². The topological polar surface area (TPSA) is 63.8 Å². The summed E-state index contributed by atoms with van der Waals surface area (Å²) in [6.07, 6.45) is 3.15. The second-order valence-corrected chi connectivity index (χ2v) is 3.70. The fourth-order valence-electron chi connectivity index (χ4n) is 1.31. The quantitative estimate of drug-likeness (QED) is 0.904. The monoisotopic (exact) mass is 270 g/mol. The molecule has 0 atom stereocenters. The van der Waals surface area contributed by atoms with Crippen LogP contribution in [0.3, 0.4) is 0 Å². The third-order valence-corrected chi connectivity index (χ3v) is 2.36. The first-order valence-corrected chi connectivity index (χ1v) is 4.86. The molecule has 2 heterocycles. The van der Waals surface area contributed by atoms with E-state index < -0.39 is 5.97 Å². The first-order valence-electron chi connectivity index (χ1n) is 4.07. The fourth-order valence-corrected chi connectivity index (χ4v) is 1.72. The Bertz CT molecular complexity index is 535. The molecule has 0 bridgehead atoms. The lowest BCUT2D eigenvalue weighted by atomic mass is 10.2. The molecule has 0 unspecified atom stereocenters. The molecule has 0 saturated heterocycles. The molecule has 5 nitrogen and oxygen atoms in total. The molecule has 0 aliphatic carbocycles. The molecule has 15 heavy (non-hydrogen) atoms. The van der Waals surface area contributed by atoms with Crippen molar-refractivity contribution >= 4 is 27.5 Å². The molecule has 0 saturated carbocycles. The summed E-state index contributed by atoms with van der Waals surface area (Å²) in [4.78, 5) is 15.0. The lowest BCUT2D eigenvalue weighted by Crippen LogP contribution is -2.02. The molecule has 0 spiro atoms. The van der Waals surface area contributed by atoms with E-state index in [2.05, 4.69) is 20.9 Å². The normalized spacial score (nSPS) is 10.5. The maximum atomic E-state index is 10.9. The van der Waals surface area contributed by atoms with Gasteiger partial charge >= 0.3 is 5.97 Å². The number of halogens is 1. The minimum absolute atomic E-state index is 0.106. The van der Waals surface area contributed by atoms with Gasteiger partial charge in [0.15, 0.2) is 0 Å². The van der Waals surface area contributed by atoms with Crippen LogP contribution in [0, 0.1) is 0 Å². The Labute approximate surface area is 93.4 Å². The first kappa shape index (κ1) is 9.97. The van der Waals surface area contributed by atoms with Crippen LogP contribution in [0.25, 0.3) is 5.65 Å². The van der Waals surface area contributed by atoms with Crippen molar-refractivity contribution in [3.05, 3.63) is 28.6 Å². The van der Waals surface area contributed by atoms with Crippen LogP contribution in [0.4, 0.5) is 0 Å². The Morgan fingerprint density at radius 1 is 1.60 bits per heavy atom. The number of aromatic nitrogens is 2. The van der Waals surface area contributed by atoms with E-state index in [4.69, 9.17) is 9.84 Å². The zero-order valence-corrected chi connectivity index (χ0v) is 9.35. The Hall–Kier alpha value is -1.56. The van der Waals surface area contributed by atoms with Gasteiger partial charge in [-0.1, -0.05) is 0 Å². The predicted molar refractivity (Wildman–Crippen MR) is 56.4 cm³/mol. The van der Waals surface area contributed by atoms with E-state index in [0.717, 1.165) is 0 Å². The highest BCUT2D eigenvalue weighted by Crippen LogP contribution is 2.22. The van der Waals surface area contributed by atoms with Crippen molar-refractivity contribution in [2.24, 2.45) is 0 Å². The lowest BCUT2D eigenvalue weighted by Gasteiger charge is -2.04. The van der Waals surface area contributed by atoms with Gasteiger partial charge in [-0.15, -0.1) is 0 Å². The van der Waals surface area contributed by atoms with Crippen LogP contribution >= 0.6 is 15.9 Å². The van der Waals surface area contributed by atoms with Gasteiger partial charge in [-0.05, 0) is 15.9 Å². The first-order chi connectivity index (χ1) is 7.11. The number of carbonyl (C=O) groups is 1. The maximum absolute atomic E-state index is 10.9. The van der Waals surface area contributed by atoms with Crippen LogP contribution in [-0.4, -0.2) is 27.6 Å². The molecule has 6 heteroatoms. The van der Waals surface area contributed by atoms with Crippen molar-refractivity contribution in [1.29, 1.82) is 0 Å². The van der Waals surface area contributed by atoms with E-state index >= 15 is 0 Å². The molecule has 2 rings (SSSR count). The summed E-state index contributed by atoms with van der Waals surface area (Å²) in [5.74, 6) is -0.730. The molecular formula is C9H7BrN2O3. The number of methoxy groups -OCH3 is 1. The molecular weight excluding hydrogens is 264 g/mol. The summed E-state index contributed by atoms with van der Waals surface area (Å²) in [6, 6.07) is 1.58. The SMILES string of the molecule is COc1cc2nc(Br)cn2cc1C(=O)O. The molecule has 0 aliphatic heterocycles. The van der Waals surface area contributed by atoms with Crippen LogP contribution in [0.15, 0.2) is 23.1 Å². The zero-order chi connectivity index (χ0) is 11.0. The Kier molecular flexibility index (Phi) is 2.36. The second kappa shape index (κ2) is 3.54. The van der Waals surface area contributed by atoms with Crippen molar-refractivity contribution in [1.82, 2.24) is 9.38 Å². The van der Waals surface area contributed by atoms with Gasteiger partial charge < -0.3 is 14.2 Å². The van der Waals surface area contributed by atoms with E-state index in [1.54, 1.807) is 16.7 Å². The highest BCUT2D eigenvalue weighted by molar-refractivity contribution is 9.10. The summed E-state index contributed by atoms with van der Waals surface area (Å²) >= 11 is 3.21. The number of pyridine rings is 1. The molecule has 0 fully saturated rings. The number of imidazole rings is 1. The van der Waals surface area contributed by atoms with Crippen molar-refractivity contribution in [3.8, 4) is 5.75 Å². The van der Waals surface area contributed by atoms with E-state index in [1.807, 2.05) is 0 Å². The Morgan fingerprint density at radius 3 is 2.93 bits per heavy atom. The summed E-state index contributed by atoms with van der Waals surface area (Å²) in [6.45, 7) is 0. The largest absolute Gasteiger partial charge is 0.496 e. The number of aromatic carboxylic acids is 1. The average Bonchev–Trinajstić information content (AvgIpc) is 2.54. The highest BCUT2D eigenvalue weighted by atomic mass is 79.9. The minimum Gasteiger partial charge on any atom is -0.496 e. The zero-order valence-electron chi connectivity index (χ0n) is 7.77. The number of carboxylic acids is 1. The van der Waals surface area contributed by atoms with Crippen molar-refractivity contribution in [2.75, 3.05) is 7.11 Å². The summed E-state index contributed by atoms with van der Waals surface area (Å²) in [5.41, 5.74) is 0.735. The number of ether oxygens (including phenoxy) is 1. The minimum atomic E-state index is -1.03. The molecule has 0 amide bonds. The van der Waals surface area contributed by atoms with Gasteiger partial charge in [0.2, 0.25) is 0 Å². The number of nitrogens with zero attached hydrogens (tertiary/aromatic N) is 2. The van der Waals surface area contributed by atoms with Crippen LogP contribution in [0.2, 0.25) is 0 Å². The summed E-state index contributed by atoms with van der Waals surface area (Å²) < 4.78 is 7.24. The van der Waals surface area contributed by atoms with Crippen LogP contribution < -0.4 is 4.74 Å². The van der Waals surface area contributed by atoms with Gasteiger partial charge in [-0.3, -0.25) is 0 Å². The second-order valence-electron chi connectivity index (χ2n) is 2.89. The van der Waals surface area contributed by atoms with Crippen LogP contribution in [0.1, 0.15) is 10.4 Å². The Balaban J connectivity index is 2.73. The molecule has 2 aromatic rings. The number of hydrogen-bond donors (Lipinski definition) is 1. The van der Waals surface area contributed by atoms with Gasteiger partial charge in [-0.2, -0.15) is 0 Å². The predicted octanol–water partition coefficient (Wildman–Crippen LogP) is 1.80. The van der Waals surface area contributed by atoms with Gasteiger partial charge in [0.25, 0.3) is 0 Å². The smallest absolute Gasteiger partial charge is 0.341 e. The van der Waals surface area contributed by atoms with E-state index in [9.17, 15) is 4.79 Å². The summed E-state index contributed by atoms with van der Waals surface area (Å²) in [7, 11) is 1.43. The third kappa shape index (κ3) is 1.68. The lowest BCUT2D eigenvalue weighted by molar-refractivity contribution is 0.0693. The molecule has 0 aliphatic rings. The van der Waals surface area contributed by atoms with Gasteiger partial charge in [-0.25, -0.2) is 9.78 Å². The van der Waals surface area contributed by atoms with Gasteiger partial charge in [0.1, 0.15) is 21.6 Å². The third-order valence-electron chi connectivity index (χ3n) is 1.98. The average molecular weight is 271 g/mol. The van der Waals surface area contributed by atoms with Crippen molar-refractivity contribution in [3.63, 3.8) is 0 Å². The van der Waals surface area contributed by atoms with Crippen molar-refractivity contribution < 1.29 is 14.6 Å². The number of fused-ring (bicyclic) bond motifs is 1. The van der Waals surface area contributed by atoms with Gasteiger partial charge in [0.05, 0.1) is 7.11 Å². The number of carboxylic acid groups (broad SMARTS) is 1. The summed E-state index contributed by atoms with van der Waals surface area (Å²) in [5, 5.41) is 8.94. The van der Waals surface area contributed by atoms with Crippen LogP contribution in [-0.2, 0) is 0 Å². The highest BCUT2D eigenvalue weighted by Gasteiger charge is 2.13. The van der Waals surface area contributed by atoms with Gasteiger partial charge in [0, 0.05) is 18.5 Å². The van der Waals surface area contributed by atoms with E-state index in [0.29, 0.717) is 16.0 Å².